The highest BCUT2D eigenvalue weighted by Gasteiger charge is 2.47. The van der Waals surface area contributed by atoms with Gasteiger partial charge in [0.25, 0.3) is 0 Å². The van der Waals surface area contributed by atoms with Crippen molar-refractivity contribution in [2.75, 3.05) is 6.54 Å². The molecular weight excluding hydrogens is 283 g/mol. The molecule has 2 amide bonds. The average Bonchev–Trinajstić information content (AvgIpc) is 3.27. The van der Waals surface area contributed by atoms with E-state index >= 15 is 0 Å². The normalized spacial score (nSPS) is 27.5. The molecule has 0 bridgehead atoms. The predicted octanol–water partition coefficient (Wildman–Crippen LogP) is 2.19. The number of nitrogens with zero attached hydrogens (tertiary/aromatic N) is 1. The van der Waals surface area contributed by atoms with Crippen LogP contribution in [0.15, 0.2) is 24.3 Å². The molecule has 22 heavy (non-hydrogen) atoms. The second-order valence-corrected chi connectivity index (χ2v) is 6.36. The zero-order valence-electron chi connectivity index (χ0n) is 12.5. The maximum atomic E-state index is 13.3. The first kappa shape index (κ1) is 15.0. The highest BCUT2D eigenvalue weighted by Crippen LogP contribution is 2.49. The molecule has 2 fully saturated rings. The van der Waals surface area contributed by atoms with Gasteiger partial charge in [-0.2, -0.15) is 0 Å². The van der Waals surface area contributed by atoms with Gasteiger partial charge in [0.05, 0.1) is 0 Å². The summed E-state index contributed by atoms with van der Waals surface area (Å²) in [5, 5.41) is 0. The first-order valence-corrected chi connectivity index (χ1v) is 7.90. The Morgan fingerprint density at radius 1 is 1.32 bits per heavy atom. The van der Waals surface area contributed by atoms with Gasteiger partial charge in [0.1, 0.15) is 5.82 Å². The molecule has 0 radical (unpaired) electrons. The molecular formula is C17H21FN2O2. The van der Waals surface area contributed by atoms with E-state index in [9.17, 15) is 14.0 Å². The van der Waals surface area contributed by atoms with Crippen molar-refractivity contribution >= 4 is 11.8 Å². The fourth-order valence-corrected chi connectivity index (χ4v) is 3.52. The van der Waals surface area contributed by atoms with Gasteiger partial charge in [0.2, 0.25) is 11.8 Å². The lowest BCUT2D eigenvalue weighted by Crippen LogP contribution is -2.46. The number of likely N-dealkylation sites (tertiary alicyclic amines) is 1. The van der Waals surface area contributed by atoms with E-state index in [0.29, 0.717) is 6.54 Å². The number of primary amides is 1. The van der Waals surface area contributed by atoms with Crippen molar-refractivity contribution in [3.63, 3.8) is 0 Å². The Labute approximate surface area is 129 Å². The first-order valence-electron chi connectivity index (χ1n) is 7.90. The Hall–Kier alpha value is -1.91. The number of hydrogen-bond acceptors (Lipinski definition) is 2. The molecule has 3 atom stereocenters. The Morgan fingerprint density at radius 3 is 2.86 bits per heavy atom. The lowest BCUT2D eigenvalue weighted by Gasteiger charge is -2.35. The third-order valence-electron chi connectivity index (χ3n) is 4.73. The average molecular weight is 304 g/mol. The summed E-state index contributed by atoms with van der Waals surface area (Å²) in [4.78, 5) is 25.7. The van der Waals surface area contributed by atoms with E-state index in [1.165, 1.54) is 12.1 Å². The number of rotatable bonds is 4. The number of nitrogens with two attached hydrogens (primary N) is 1. The molecule has 3 rings (SSSR count). The van der Waals surface area contributed by atoms with Crippen LogP contribution < -0.4 is 5.73 Å². The fraction of sp³-hybridized carbons (Fsp3) is 0.529. The predicted molar refractivity (Wildman–Crippen MR) is 80.4 cm³/mol. The maximum absolute atomic E-state index is 13.3. The van der Waals surface area contributed by atoms with Crippen LogP contribution in [0.5, 0.6) is 0 Å². The van der Waals surface area contributed by atoms with Crippen LogP contribution in [0.2, 0.25) is 0 Å². The Balaban J connectivity index is 1.67. The van der Waals surface area contributed by atoms with Gasteiger partial charge in [-0.05, 0) is 49.3 Å². The van der Waals surface area contributed by atoms with E-state index in [2.05, 4.69) is 0 Å². The largest absolute Gasteiger partial charge is 0.370 e. The number of benzene rings is 1. The lowest BCUT2D eigenvalue weighted by atomic mass is 9.98. The molecule has 2 N–H and O–H groups in total. The van der Waals surface area contributed by atoms with Gasteiger partial charge in [-0.25, -0.2) is 4.39 Å². The third kappa shape index (κ3) is 3.13. The van der Waals surface area contributed by atoms with E-state index in [1.54, 1.807) is 6.07 Å². The van der Waals surface area contributed by atoms with Crippen molar-refractivity contribution in [2.45, 2.75) is 44.1 Å². The van der Waals surface area contributed by atoms with Crippen LogP contribution in [0.3, 0.4) is 0 Å². The van der Waals surface area contributed by atoms with Crippen LogP contribution in [0.1, 0.15) is 43.6 Å². The van der Waals surface area contributed by atoms with Gasteiger partial charge in [0, 0.05) is 24.9 Å². The van der Waals surface area contributed by atoms with E-state index in [0.717, 1.165) is 31.2 Å². The molecule has 1 aromatic rings. The summed E-state index contributed by atoms with van der Waals surface area (Å²) in [6.45, 7) is 0.698. The summed E-state index contributed by atoms with van der Waals surface area (Å²) in [7, 11) is 0. The summed E-state index contributed by atoms with van der Waals surface area (Å²) < 4.78 is 13.3. The summed E-state index contributed by atoms with van der Waals surface area (Å²) in [6, 6.07) is 6.41. The van der Waals surface area contributed by atoms with E-state index in [4.69, 9.17) is 5.73 Å². The van der Waals surface area contributed by atoms with Gasteiger partial charge in [-0.1, -0.05) is 12.1 Å². The molecule has 5 heteroatoms. The molecule has 1 saturated heterocycles. The van der Waals surface area contributed by atoms with Crippen LogP contribution in [0.25, 0.3) is 0 Å². The smallest absolute Gasteiger partial charge is 0.226 e. The quantitative estimate of drug-likeness (QED) is 0.926. The highest BCUT2D eigenvalue weighted by molar-refractivity contribution is 5.84. The van der Waals surface area contributed by atoms with Gasteiger partial charge < -0.3 is 10.6 Å². The molecule has 1 aromatic carbocycles. The van der Waals surface area contributed by atoms with Gasteiger partial charge >= 0.3 is 0 Å². The van der Waals surface area contributed by atoms with Crippen molar-refractivity contribution in [1.29, 1.82) is 0 Å². The lowest BCUT2D eigenvalue weighted by molar-refractivity contribution is -0.137. The van der Waals surface area contributed by atoms with E-state index in [-0.39, 0.29) is 41.9 Å². The summed E-state index contributed by atoms with van der Waals surface area (Å²) in [5.41, 5.74) is 6.18. The monoisotopic (exact) mass is 304 g/mol. The second kappa shape index (κ2) is 6.07. The molecule has 1 aliphatic carbocycles. The minimum Gasteiger partial charge on any atom is -0.370 e. The molecule has 3 unspecified atom stereocenters. The highest BCUT2D eigenvalue weighted by atomic mass is 19.1. The minimum atomic E-state index is -0.359. The molecule has 4 nitrogen and oxygen atoms in total. The summed E-state index contributed by atoms with van der Waals surface area (Å²) in [5.74, 6) is -0.489. The Kier molecular flexibility index (Phi) is 4.14. The molecule has 118 valence electrons. The standard InChI is InChI=1S/C17H21FN2O2/c18-12-5-3-4-11(8-12)14-10-15(14)17(22)20-7-2-1-6-13(20)9-16(19)21/h3-5,8,13-15H,1-2,6-7,9-10H2,(H2,19,21). The van der Waals surface area contributed by atoms with Crippen molar-refractivity contribution in [3.8, 4) is 0 Å². The van der Waals surface area contributed by atoms with E-state index < -0.39 is 0 Å². The van der Waals surface area contributed by atoms with Crippen molar-refractivity contribution in [2.24, 2.45) is 11.7 Å². The topological polar surface area (TPSA) is 63.4 Å². The molecule has 2 aliphatic rings. The minimum absolute atomic E-state index is 0.0625. The van der Waals surface area contributed by atoms with Crippen molar-refractivity contribution < 1.29 is 14.0 Å². The van der Waals surface area contributed by atoms with Crippen LogP contribution >= 0.6 is 0 Å². The third-order valence-corrected chi connectivity index (χ3v) is 4.73. The maximum Gasteiger partial charge on any atom is 0.226 e. The Bertz CT molecular complexity index is 590. The number of halogens is 1. The zero-order chi connectivity index (χ0) is 15.7. The molecule has 1 aliphatic heterocycles. The van der Waals surface area contributed by atoms with Crippen molar-refractivity contribution in [1.82, 2.24) is 4.90 Å². The van der Waals surface area contributed by atoms with Gasteiger partial charge in [0.15, 0.2) is 0 Å². The van der Waals surface area contributed by atoms with Gasteiger partial charge in [-0.3, -0.25) is 9.59 Å². The van der Waals surface area contributed by atoms with Crippen LogP contribution in [0.4, 0.5) is 4.39 Å². The number of piperidine rings is 1. The number of amides is 2. The SMILES string of the molecule is NC(=O)CC1CCCCN1C(=O)C1CC1c1cccc(F)c1. The molecule has 1 saturated carbocycles. The van der Waals surface area contributed by atoms with Crippen LogP contribution in [-0.2, 0) is 9.59 Å². The Morgan fingerprint density at radius 2 is 2.14 bits per heavy atom. The first-order chi connectivity index (χ1) is 10.6. The number of carbonyl (C=O) groups excluding carboxylic acids is 2. The number of carbonyl (C=O) groups is 2. The molecule has 0 aromatic heterocycles. The molecule has 1 heterocycles. The zero-order valence-corrected chi connectivity index (χ0v) is 12.5. The van der Waals surface area contributed by atoms with Crippen molar-refractivity contribution in [3.05, 3.63) is 35.6 Å². The van der Waals surface area contributed by atoms with E-state index in [1.807, 2.05) is 11.0 Å². The van der Waals surface area contributed by atoms with Crippen LogP contribution in [-0.4, -0.2) is 29.3 Å². The molecule has 0 spiro atoms. The number of hydrogen-bond donors (Lipinski definition) is 1. The second-order valence-electron chi connectivity index (χ2n) is 6.36. The summed E-state index contributed by atoms with van der Waals surface area (Å²) in [6.07, 6.45) is 3.84. The van der Waals surface area contributed by atoms with Gasteiger partial charge in [-0.15, -0.1) is 0 Å². The van der Waals surface area contributed by atoms with Crippen LogP contribution in [0, 0.1) is 11.7 Å². The summed E-state index contributed by atoms with van der Waals surface area (Å²) >= 11 is 0. The fourth-order valence-electron chi connectivity index (χ4n) is 3.52.